The van der Waals surface area contributed by atoms with E-state index in [2.05, 4.69) is 0 Å². The van der Waals surface area contributed by atoms with Crippen molar-refractivity contribution in [3.63, 3.8) is 0 Å². The highest BCUT2D eigenvalue weighted by molar-refractivity contribution is 5.76. The van der Waals surface area contributed by atoms with Crippen molar-refractivity contribution in [3.8, 4) is 0 Å². The van der Waals surface area contributed by atoms with Gasteiger partial charge in [-0.25, -0.2) is 4.79 Å². The molecule has 0 saturated heterocycles. The van der Waals surface area contributed by atoms with Crippen molar-refractivity contribution in [2.45, 2.75) is 32.9 Å². The van der Waals surface area contributed by atoms with Crippen LogP contribution in [0, 0.1) is 0 Å². The van der Waals surface area contributed by atoms with Crippen LogP contribution >= 0.6 is 0 Å². The summed E-state index contributed by atoms with van der Waals surface area (Å²) in [4.78, 5) is 36.9. The molecule has 0 aromatic carbocycles. The Kier molecular flexibility index (Phi) is 5.69. The van der Waals surface area contributed by atoms with Crippen molar-refractivity contribution in [1.82, 2.24) is 14.0 Å². The number of aliphatic hydroxyl groups excluding tert-OH is 1. The molecule has 0 aliphatic rings. The van der Waals surface area contributed by atoms with Crippen molar-refractivity contribution in [1.29, 1.82) is 0 Å². The van der Waals surface area contributed by atoms with Crippen molar-refractivity contribution >= 4 is 5.91 Å². The molecule has 0 saturated carbocycles. The number of aliphatic hydroxyl groups is 1. The Morgan fingerprint density at radius 2 is 2.05 bits per heavy atom. The fourth-order valence-corrected chi connectivity index (χ4v) is 1.89. The monoisotopic (exact) mass is 283 g/mol. The molecule has 7 heteroatoms. The molecule has 7 nitrogen and oxygen atoms in total. The minimum absolute atomic E-state index is 0.0102. The van der Waals surface area contributed by atoms with E-state index < -0.39 is 11.2 Å². The van der Waals surface area contributed by atoms with Gasteiger partial charge in [-0.1, -0.05) is 0 Å². The summed E-state index contributed by atoms with van der Waals surface area (Å²) in [5.41, 5.74) is -0.920. The summed E-state index contributed by atoms with van der Waals surface area (Å²) in [6.07, 6.45) is 1.82. The average Bonchev–Trinajstić information content (AvgIpc) is 2.39. The maximum absolute atomic E-state index is 12.2. The zero-order valence-corrected chi connectivity index (χ0v) is 12.1. The van der Waals surface area contributed by atoms with Crippen molar-refractivity contribution in [2.24, 2.45) is 7.05 Å². The second-order valence-electron chi connectivity index (χ2n) is 4.88. The molecule has 1 heterocycles. The quantitative estimate of drug-likeness (QED) is 0.738. The van der Waals surface area contributed by atoms with Gasteiger partial charge in [-0.2, -0.15) is 0 Å². The Morgan fingerprint density at radius 1 is 1.40 bits per heavy atom. The van der Waals surface area contributed by atoms with E-state index in [0.29, 0.717) is 13.0 Å². The van der Waals surface area contributed by atoms with E-state index in [0.717, 1.165) is 4.57 Å². The fraction of sp³-hybridized carbons (Fsp3) is 0.615. The van der Waals surface area contributed by atoms with E-state index in [1.807, 2.05) is 13.8 Å². The third-order valence-corrected chi connectivity index (χ3v) is 3.07. The molecule has 1 aromatic heterocycles. The topological polar surface area (TPSA) is 84.5 Å². The molecule has 0 bridgehead atoms. The summed E-state index contributed by atoms with van der Waals surface area (Å²) >= 11 is 0. The van der Waals surface area contributed by atoms with Gasteiger partial charge in [-0.3, -0.25) is 18.7 Å². The Labute approximate surface area is 117 Å². The largest absolute Gasteiger partial charge is 0.396 e. The third kappa shape index (κ3) is 3.80. The number of aromatic nitrogens is 2. The minimum Gasteiger partial charge on any atom is -0.396 e. The summed E-state index contributed by atoms with van der Waals surface area (Å²) < 4.78 is 2.17. The number of carbonyl (C=O) groups is 1. The van der Waals surface area contributed by atoms with Crippen LogP contribution in [0.2, 0.25) is 0 Å². The maximum atomic E-state index is 12.2. The lowest BCUT2D eigenvalue weighted by atomic mass is 10.2. The van der Waals surface area contributed by atoms with Crippen LogP contribution in [-0.2, 0) is 18.4 Å². The smallest absolute Gasteiger partial charge is 0.331 e. The fourth-order valence-electron chi connectivity index (χ4n) is 1.89. The molecule has 0 unspecified atom stereocenters. The van der Waals surface area contributed by atoms with E-state index in [1.165, 1.54) is 23.9 Å². The van der Waals surface area contributed by atoms with Crippen LogP contribution in [0.4, 0.5) is 0 Å². The van der Waals surface area contributed by atoms with Gasteiger partial charge in [0.1, 0.15) is 6.54 Å². The maximum Gasteiger partial charge on any atom is 0.331 e. The van der Waals surface area contributed by atoms with Gasteiger partial charge in [0.05, 0.1) is 0 Å². The minimum atomic E-state index is -0.517. The van der Waals surface area contributed by atoms with E-state index in [-0.39, 0.29) is 25.1 Å². The lowest BCUT2D eigenvalue weighted by Gasteiger charge is -2.26. The zero-order chi connectivity index (χ0) is 15.3. The summed E-state index contributed by atoms with van der Waals surface area (Å²) in [6, 6.07) is 1.24. The first kappa shape index (κ1) is 16.2. The Balaban J connectivity index is 2.91. The molecular weight excluding hydrogens is 262 g/mol. The number of hydrogen-bond donors (Lipinski definition) is 1. The summed E-state index contributed by atoms with van der Waals surface area (Å²) in [5.74, 6) is -0.214. The summed E-state index contributed by atoms with van der Waals surface area (Å²) in [5, 5.41) is 8.85. The van der Waals surface area contributed by atoms with Gasteiger partial charge >= 0.3 is 5.69 Å². The first-order valence-electron chi connectivity index (χ1n) is 6.55. The van der Waals surface area contributed by atoms with Crippen LogP contribution in [0.3, 0.4) is 0 Å². The molecule has 1 amide bonds. The second-order valence-corrected chi connectivity index (χ2v) is 4.88. The number of hydrogen-bond acceptors (Lipinski definition) is 4. The molecule has 1 N–H and O–H groups in total. The van der Waals surface area contributed by atoms with Gasteiger partial charge < -0.3 is 10.0 Å². The molecule has 0 atom stereocenters. The normalized spacial score (nSPS) is 10.8. The van der Waals surface area contributed by atoms with Gasteiger partial charge in [0.25, 0.3) is 5.56 Å². The molecule has 0 spiro atoms. The van der Waals surface area contributed by atoms with Gasteiger partial charge in [0.2, 0.25) is 5.91 Å². The van der Waals surface area contributed by atoms with Gasteiger partial charge in [-0.15, -0.1) is 0 Å². The summed E-state index contributed by atoms with van der Waals surface area (Å²) in [6.45, 7) is 4.08. The van der Waals surface area contributed by atoms with Crippen LogP contribution in [-0.4, -0.2) is 44.2 Å². The third-order valence-electron chi connectivity index (χ3n) is 3.07. The number of amides is 1. The van der Waals surface area contributed by atoms with Crippen LogP contribution in [0.5, 0.6) is 0 Å². The highest BCUT2D eigenvalue weighted by Gasteiger charge is 2.17. The Morgan fingerprint density at radius 3 is 2.60 bits per heavy atom. The van der Waals surface area contributed by atoms with Crippen molar-refractivity contribution in [3.05, 3.63) is 33.1 Å². The van der Waals surface area contributed by atoms with Crippen molar-refractivity contribution < 1.29 is 9.90 Å². The molecule has 0 aliphatic carbocycles. The molecular formula is C13H21N3O4. The van der Waals surface area contributed by atoms with Gasteiger partial charge in [0.15, 0.2) is 0 Å². The van der Waals surface area contributed by atoms with E-state index >= 15 is 0 Å². The lowest BCUT2D eigenvalue weighted by Crippen LogP contribution is -2.44. The lowest BCUT2D eigenvalue weighted by molar-refractivity contribution is -0.133. The SMILES string of the molecule is CC(C)N(CCCO)C(=O)Cn1ccc(=O)n(C)c1=O. The second kappa shape index (κ2) is 7.04. The molecule has 1 aromatic rings. The molecule has 20 heavy (non-hydrogen) atoms. The average molecular weight is 283 g/mol. The molecule has 0 radical (unpaired) electrons. The molecule has 112 valence electrons. The van der Waals surface area contributed by atoms with Crippen LogP contribution in [0.1, 0.15) is 20.3 Å². The van der Waals surface area contributed by atoms with E-state index in [4.69, 9.17) is 5.11 Å². The van der Waals surface area contributed by atoms with Gasteiger partial charge in [-0.05, 0) is 20.3 Å². The molecule has 0 aliphatic heterocycles. The Bertz CT molecular complexity index is 574. The predicted molar refractivity (Wildman–Crippen MR) is 74.5 cm³/mol. The highest BCUT2D eigenvalue weighted by Crippen LogP contribution is 2.01. The Hall–Kier alpha value is -1.89. The number of rotatable bonds is 6. The highest BCUT2D eigenvalue weighted by atomic mass is 16.3. The summed E-state index contributed by atoms with van der Waals surface area (Å²) in [7, 11) is 1.37. The standard InChI is InChI=1S/C13H21N3O4/c1-10(2)16(6-4-8-17)12(19)9-15-7-5-11(18)14(3)13(15)20/h5,7,10,17H,4,6,8-9H2,1-3H3. The van der Waals surface area contributed by atoms with E-state index in [9.17, 15) is 14.4 Å². The molecule has 0 fully saturated rings. The van der Waals surface area contributed by atoms with Crippen LogP contribution in [0.25, 0.3) is 0 Å². The van der Waals surface area contributed by atoms with Crippen LogP contribution < -0.4 is 11.2 Å². The predicted octanol–water partition coefficient (Wildman–Crippen LogP) is -0.834. The molecule has 1 rings (SSSR count). The van der Waals surface area contributed by atoms with Gasteiger partial charge in [0, 0.05) is 38.5 Å². The first-order valence-corrected chi connectivity index (χ1v) is 6.55. The van der Waals surface area contributed by atoms with E-state index in [1.54, 1.807) is 4.90 Å². The number of nitrogens with zero attached hydrogens (tertiary/aromatic N) is 3. The van der Waals surface area contributed by atoms with Crippen LogP contribution in [0.15, 0.2) is 21.9 Å². The first-order chi connectivity index (χ1) is 9.38. The number of carbonyl (C=O) groups excluding carboxylic acids is 1. The van der Waals surface area contributed by atoms with Crippen molar-refractivity contribution in [2.75, 3.05) is 13.2 Å². The zero-order valence-electron chi connectivity index (χ0n) is 12.1.